The minimum Gasteiger partial charge on any atom is -0.444 e. The molecule has 28 nitrogen and oxygen atoms in total. The zero-order valence-electron chi connectivity index (χ0n) is 60.3. The summed E-state index contributed by atoms with van der Waals surface area (Å²) in [5, 5.41) is 28.7. The van der Waals surface area contributed by atoms with Crippen molar-refractivity contribution >= 4 is 122 Å². The fourth-order valence-corrected chi connectivity index (χ4v) is 13.8. The van der Waals surface area contributed by atoms with Crippen LogP contribution in [-0.2, 0) is 9.47 Å². The Labute approximate surface area is 627 Å². The molecule has 9 aromatic rings. The Hall–Kier alpha value is -9.99. The second-order valence-corrected chi connectivity index (χ2v) is 30.8. The molecule has 6 atom stereocenters. The molecule has 12 rings (SSSR count). The molecule has 3 saturated carbocycles. The first-order valence-corrected chi connectivity index (χ1v) is 38.5. The second-order valence-electron chi connectivity index (χ2n) is 27.9. The van der Waals surface area contributed by atoms with Crippen LogP contribution in [0.1, 0.15) is 164 Å². The zero-order valence-corrected chi connectivity index (χ0v) is 63.6. The predicted molar refractivity (Wildman–Crippen MR) is 418 cm³/mol. The van der Waals surface area contributed by atoms with Crippen molar-refractivity contribution in [2.75, 3.05) is 32.8 Å². The number of carbonyl (C=O) groups excluding carboxylic acids is 5. The van der Waals surface area contributed by atoms with Crippen molar-refractivity contribution in [3.63, 3.8) is 0 Å². The van der Waals surface area contributed by atoms with Crippen LogP contribution < -0.4 is 65.9 Å². The number of thioether (sulfide) groups is 1. The number of benzene rings is 3. The zero-order chi connectivity index (χ0) is 75.5. The van der Waals surface area contributed by atoms with E-state index in [1.165, 1.54) is 41.7 Å². The van der Waals surface area contributed by atoms with E-state index in [4.69, 9.17) is 38.1 Å². The number of rotatable bonds is 19. The van der Waals surface area contributed by atoms with E-state index in [-0.39, 0.29) is 52.8 Å². The maximum Gasteiger partial charge on any atom is 0.408 e. The molecule has 3 aliphatic carbocycles. The van der Waals surface area contributed by atoms with Gasteiger partial charge in [0.15, 0.2) is 5.16 Å². The Kier molecular flexibility index (Phi) is 27.2. The molecule has 3 fully saturated rings. The summed E-state index contributed by atoms with van der Waals surface area (Å²) in [5.41, 5.74) is 40.5. The van der Waals surface area contributed by atoms with Gasteiger partial charge in [0.25, 0.3) is 17.7 Å². The molecule has 0 radical (unpaired) electrons. The van der Waals surface area contributed by atoms with Crippen molar-refractivity contribution in [2.24, 2.45) is 28.7 Å². The van der Waals surface area contributed by atoms with Gasteiger partial charge in [-0.2, -0.15) is 9.97 Å². The van der Waals surface area contributed by atoms with Crippen LogP contribution in [0.3, 0.4) is 0 Å². The van der Waals surface area contributed by atoms with Crippen LogP contribution in [0.4, 0.5) is 56.0 Å². The first-order chi connectivity index (χ1) is 50.0. The summed E-state index contributed by atoms with van der Waals surface area (Å²) in [6, 6.07) is 23.5. The van der Waals surface area contributed by atoms with Crippen molar-refractivity contribution in [3.8, 4) is 33.8 Å². The highest BCUT2D eigenvalue weighted by Crippen LogP contribution is 2.40. The summed E-state index contributed by atoms with van der Waals surface area (Å²) in [4.78, 5) is 98.7. The molecular formula is C73H93N21O7S4. The number of hydrogen-bond acceptors (Lipinski definition) is 27. The highest BCUT2D eigenvalue weighted by atomic mass is 32.2. The molecule has 0 unspecified atom stereocenters. The van der Waals surface area contributed by atoms with Gasteiger partial charge in [0, 0.05) is 92.7 Å². The number of alkyl carbamates (subject to hydrolysis) is 2. The standard InChI is InChI=1S/C27H35N7O3S.C20H23N7OS.C15H13N5OS2.C11H22N2O2/c1-25(2,3)37-24(36)34-27(5)13-7-6-12-26(27,4)33-23-29-14-19(21(28)35)22(32-23)31-18-10-8-17(9-11-18)20-15-38-16-30-20;21-15-3-1-2-4-16(15)26-20-23-9-14(18(22)28)19(27-20)25-13-7-5-12(6-8-13)17-10-29-11-24-17;1-22-15-17-6-11(13(16)21)14(20-15)19-10-4-2-9(3-5-10)12-7-23-8-18-12;1-11(2,3)15-10(14)13-9-7-5-4-6-8(9)12/h8-11,14-16H,6-7,12-13H2,1-5H3,(H2,28,35)(H,34,36)(H2,29,31,32,33);5-11,15-16H,1-4,21H2,(H2,22,28)(H2,23,25,26,27);2-8H,1H3,(H2,16,21)(H,17,19,20);8-9H,4-7,12H2,1-3H3,(H,13,14)/t26-,27+;15-,16+;;8-,9+/m10.1/s1. The Morgan fingerprint density at radius 2 is 0.867 bits per heavy atom. The van der Waals surface area contributed by atoms with Crippen LogP contribution in [0.2, 0.25) is 0 Å². The number of nitrogens with one attached hydrogen (secondary N) is 7. The van der Waals surface area contributed by atoms with Crippen molar-refractivity contribution < 1.29 is 33.4 Å². The van der Waals surface area contributed by atoms with E-state index >= 15 is 0 Å². The van der Waals surface area contributed by atoms with Crippen LogP contribution in [0.25, 0.3) is 33.8 Å². The predicted octanol–water partition coefficient (Wildman–Crippen LogP) is 13.5. The normalized spacial score (nSPS) is 19.2. The van der Waals surface area contributed by atoms with E-state index in [0.717, 1.165) is 128 Å². The van der Waals surface area contributed by atoms with Gasteiger partial charge in [0.1, 0.15) is 45.3 Å². The molecule has 556 valence electrons. The van der Waals surface area contributed by atoms with Gasteiger partial charge in [-0.3, -0.25) is 14.4 Å². The van der Waals surface area contributed by atoms with Crippen molar-refractivity contribution in [3.05, 3.63) is 141 Å². The van der Waals surface area contributed by atoms with Gasteiger partial charge in [0.2, 0.25) is 11.9 Å². The summed E-state index contributed by atoms with van der Waals surface area (Å²) in [7, 11) is 0. The van der Waals surface area contributed by atoms with Gasteiger partial charge in [0.05, 0.1) is 44.7 Å². The molecular weight excluding hydrogens is 1410 g/mol. The van der Waals surface area contributed by atoms with Gasteiger partial charge >= 0.3 is 12.2 Å². The van der Waals surface area contributed by atoms with Crippen LogP contribution in [0.5, 0.6) is 0 Å². The number of primary amides is 3. The van der Waals surface area contributed by atoms with E-state index in [0.29, 0.717) is 28.7 Å². The summed E-state index contributed by atoms with van der Waals surface area (Å²) < 4.78 is 10.7. The fraction of sp³-hybridized carbons (Fsp3) is 0.397. The molecule has 3 aromatic carbocycles. The molecule has 0 bridgehead atoms. The Balaban J connectivity index is 0.000000170. The molecule has 6 aromatic heterocycles. The first-order valence-electron chi connectivity index (χ1n) is 34.4. The molecule has 3 aliphatic rings. The molecule has 0 aliphatic heterocycles. The average Bonchev–Trinajstić information content (AvgIpc) is 1.77. The maximum absolute atomic E-state index is 12.7. The minimum absolute atomic E-state index is 0.0674. The van der Waals surface area contributed by atoms with Crippen LogP contribution in [0, 0.1) is 0 Å². The smallest absolute Gasteiger partial charge is 0.408 e. The summed E-state index contributed by atoms with van der Waals surface area (Å²) in [6.45, 7) is 15.1. The number of anilines is 8. The first kappa shape index (κ1) is 79.1. The lowest BCUT2D eigenvalue weighted by molar-refractivity contribution is 0.0371. The third-order valence-electron chi connectivity index (χ3n) is 17.6. The van der Waals surface area contributed by atoms with Crippen molar-refractivity contribution in [1.29, 1.82) is 0 Å². The van der Waals surface area contributed by atoms with E-state index in [2.05, 4.69) is 82.1 Å². The SMILES string of the molecule is CC(C)(C)OC(=O)N[C@@]1(C)CCCC[C@@]1(C)Nc1ncc(C(N)=O)c(Nc2ccc(-c3cscn3)cc2)n1.CC(C)(C)OC(=O)N[C@H]1CCCC[C@H]1N.CSc1ncc(C(N)=O)c(Nc2ccc(-c3cscn3)cc2)n1.NC(=O)c1cnc(N[C@@H]2CCCC[C@@H]2N)nc1Nc1ccc(-c2cscn2)cc1. The fourth-order valence-electron chi connectivity index (χ4n) is 11.8. The lowest BCUT2D eigenvalue weighted by Crippen LogP contribution is -2.66. The Morgan fingerprint density at radius 1 is 0.486 bits per heavy atom. The summed E-state index contributed by atoms with van der Waals surface area (Å²) in [6.07, 6.45) is 17.3. The van der Waals surface area contributed by atoms with Crippen LogP contribution >= 0.6 is 45.8 Å². The topological polar surface area (TPSA) is 434 Å². The molecule has 17 N–H and O–H groups in total. The number of aromatic nitrogens is 9. The van der Waals surface area contributed by atoms with Gasteiger partial charge in [-0.25, -0.2) is 44.5 Å². The summed E-state index contributed by atoms with van der Waals surface area (Å²) >= 11 is 6.03. The lowest BCUT2D eigenvalue weighted by atomic mass is 9.69. The van der Waals surface area contributed by atoms with Crippen LogP contribution in [0.15, 0.2) is 129 Å². The third kappa shape index (κ3) is 23.0. The maximum atomic E-state index is 12.7. The average molecular weight is 1500 g/mol. The molecule has 105 heavy (non-hydrogen) atoms. The highest BCUT2D eigenvalue weighted by Gasteiger charge is 2.49. The van der Waals surface area contributed by atoms with Crippen LogP contribution in [-0.4, -0.2) is 127 Å². The van der Waals surface area contributed by atoms with Crippen molar-refractivity contribution in [2.45, 2.75) is 184 Å². The Morgan fingerprint density at radius 3 is 1.27 bits per heavy atom. The van der Waals surface area contributed by atoms with Gasteiger partial charge < -0.3 is 75.4 Å². The van der Waals surface area contributed by atoms with Gasteiger partial charge in [-0.1, -0.05) is 86.7 Å². The van der Waals surface area contributed by atoms with E-state index in [1.807, 2.05) is 151 Å². The molecule has 6 heterocycles. The number of amides is 5. The third-order valence-corrected chi connectivity index (χ3v) is 19.9. The van der Waals surface area contributed by atoms with Gasteiger partial charge in [-0.05, 0) is 137 Å². The monoisotopic (exact) mass is 1500 g/mol. The Bertz CT molecular complexity index is 4340. The lowest BCUT2D eigenvalue weighted by Gasteiger charge is -2.50. The molecule has 5 amide bonds. The summed E-state index contributed by atoms with van der Waals surface area (Å²) in [5.74, 6) is -0.000898. The number of ether oxygens (including phenoxy) is 2. The number of nitrogens with zero attached hydrogens (tertiary/aromatic N) is 9. The number of hydrogen-bond donors (Lipinski definition) is 12. The quantitative estimate of drug-likeness (QED) is 0.0264. The largest absolute Gasteiger partial charge is 0.444 e. The van der Waals surface area contributed by atoms with E-state index in [1.54, 1.807) is 39.2 Å². The van der Waals surface area contributed by atoms with Gasteiger partial charge in [-0.15, -0.1) is 34.0 Å². The molecule has 0 spiro atoms. The van der Waals surface area contributed by atoms with E-state index in [9.17, 15) is 24.0 Å². The number of carbonyl (C=O) groups is 5. The molecule has 32 heteroatoms. The van der Waals surface area contributed by atoms with E-state index < -0.39 is 46.1 Å². The van der Waals surface area contributed by atoms with Crippen molar-refractivity contribution in [1.82, 2.24) is 55.5 Å². The number of thiazole rings is 3. The number of nitrogens with two attached hydrogens (primary N) is 5. The minimum atomic E-state index is -0.640. The second kappa shape index (κ2) is 36.1. The molecule has 0 saturated heterocycles. The highest BCUT2D eigenvalue weighted by molar-refractivity contribution is 7.98.